The number of carbonyl (C=O) groups excluding carboxylic acids is 2. The van der Waals surface area contributed by atoms with Crippen LogP contribution in [-0.4, -0.2) is 41.5 Å². The third-order valence-electron chi connectivity index (χ3n) is 6.68. The molecule has 0 radical (unpaired) electrons. The molecule has 0 saturated carbocycles. The molecule has 3 aromatic carbocycles. The summed E-state index contributed by atoms with van der Waals surface area (Å²) in [5, 5.41) is 3.51. The van der Waals surface area contributed by atoms with Gasteiger partial charge in [-0.2, -0.15) is 0 Å². The van der Waals surface area contributed by atoms with Crippen LogP contribution in [0.2, 0.25) is 0 Å². The molecule has 7 heteroatoms. The molecule has 3 aliphatic rings. The predicted octanol–water partition coefficient (Wildman–Crippen LogP) is 4.42. The number of rotatable bonds is 5. The first kappa shape index (κ1) is 20.6. The highest BCUT2D eigenvalue weighted by Gasteiger charge is 2.36. The maximum Gasteiger partial charge on any atom is 0.256 e. The minimum atomic E-state index is -0.325. The Hall–Kier alpha value is -4.00. The summed E-state index contributed by atoms with van der Waals surface area (Å²) in [5.41, 5.74) is 4.13. The molecular weight excluding hydrogens is 430 g/mol. The zero-order valence-corrected chi connectivity index (χ0v) is 18.7. The van der Waals surface area contributed by atoms with Crippen LogP contribution < -0.4 is 14.8 Å². The molecule has 0 bridgehead atoms. The molecule has 0 spiro atoms. The van der Waals surface area contributed by atoms with Gasteiger partial charge in [-0.05, 0) is 60.9 Å². The van der Waals surface area contributed by atoms with Crippen LogP contribution in [0.25, 0.3) is 0 Å². The van der Waals surface area contributed by atoms with Crippen LogP contribution in [0.15, 0.2) is 66.7 Å². The van der Waals surface area contributed by atoms with Gasteiger partial charge < -0.3 is 24.6 Å². The highest BCUT2D eigenvalue weighted by Crippen LogP contribution is 2.38. The zero-order valence-electron chi connectivity index (χ0n) is 18.7. The predicted molar refractivity (Wildman–Crippen MR) is 127 cm³/mol. The van der Waals surface area contributed by atoms with Gasteiger partial charge in [0.05, 0.1) is 0 Å². The number of hydrogen-bond acceptors (Lipinski definition) is 5. The lowest BCUT2D eigenvalue weighted by Crippen LogP contribution is -2.32. The van der Waals surface area contributed by atoms with Crippen LogP contribution >= 0.6 is 0 Å². The highest BCUT2D eigenvalue weighted by molar-refractivity contribution is 5.99. The Morgan fingerprint density at radius 1 is 0.941 bits per heavy atom. The molecular formula is C27H25N3O4. The van der Waals surface area contributed by atoms with E-state index in [1.54, 1.807) is 0 Å². The molecule has 1 fully saturated rings. The van der Waals surface area contributed by atoms with Crippen molar-refractivity contribution in [2.45, 2.75) is 25.6 Å². The molecule has 0 aliphatic carbocycles. The number of carbonyl (C=O) groups is 2. The Morgan fingerprint density at radius 2 is 1.71 bits per heavy atom. The first-order valence-electron chi connectivity index (χ1n) is 11.6. The third kappa shape index (κ3) is 3.63. The fourth-order valence-corrected chi connectivity index (χ4v) is 4.89. The van der Waals surface area contributed by atoms with E-state index in [2.05, 4.69) is 5.32 Å². The Kier molecular flexibility index (Phi) is 5.09. The van der Waals surface area contributed by atoms with Gasteiger partial charge in [-0.25, -0.2) is 0 Å². The molecule has 1 saturated heterocycles. The van der Waals surface area contributed by atoms with E-state index < -0.39 is 0 Å². The van der Waals surface area contributed by atoms with E-state index in [4.69, 9.17) is 9.47 Å². The molecule has 1 N–H and O–H groups in total. The molecule has 6 rings (SSSR count). The molecule has 1 unspecified atom stereocenters. The summed E-state index contributed by atoms with van der Waals surface area (Å²) in [7, 11) is 0. The molecule has 2 amide bonds. The number of hydrogen-bond donors (Lipinski definition) is 1. The fourth-order valence-electron chi connectivity index (χ4n) is 4.89. The van der Waals surface area contributed by atoms with Gasteiger partial charge in [-0.3, -0.25) is 9.59 Å². The van der Waals surface area contributed by atoms with Gasteiger partial charge >= 0.3 is 0 Å². The average Bonchev–Trinajstić information content (AvgIpc) is 3.62. The minimum absolute atomic E-state index is 0.0217. The van der Waals surface area contributed by atoms with E-state index in [9.17, 15) is 9.59 Å². The van der Waals surface area contributed by atoms with Crippen LogP contribution in [0.3, 0.4) is 0 Å². The fraction of sp³-hybridized carbons (Fsp3) is 0.259. The lowest BCUT2D eigenvalue weighted by Gasteiger charge is -2.27. The second-order valence-electron chi connectivity index (χ2n) is 8.83. The van der Waals surface area contributed by atoms with E-state index >= 15 is 0 Å². The van der Waals surface area contributed by atoms with Crippen molar-refractivity contribution in [2.24, 2.45) is 0 Å². The number of likely N-dealkylation sites (tertiary alicyclic amines) is 1. The van der Waals surface area contributed by atoms with E-state index in [1.165, 1.54) is 0 Å². The van der Waals surface area contributed by atoms with Gasteiger partial charge in [0.2, 0.25) is 6.79 Å². The Morgan fingerprint density at radius 3 is 2.53 bits per heavy atom. The molecule has 34 heavy (non-hydrogen) atoms. The quantitative estimate of drug-likeness (QED) is 0.617. The second-order valence-corrected chi connectivity index (χ2v) is 8.83. The van der Waals surface area contributed by atoms with Gasteiger partial charge in [0.1, 0.15) is 6.17 Å². The van der Waals surface area contributed by atoms with Crippen LogP contribution in [-0.2, 0) is 6.54 Å². The lowest BCUT2D eigenvalue weighted by molar-refractivity contribution is 0.0728. The normalized spacial score (nSPS) is 18.4. The van der Waals surface area contributed by atoms with E-state index in [-0.39, 0.29) is 24.8 Å². The number of amides is 2. The minimum Gasteiger partial charge on any atom is -0.454 e. The molecule has 7 nitrogen and oxygen atoms in total. The van der Waals surface area contributed by atoms with Crippen molar-refractivity contribution in [2.75, 3.05) is 25.2 Å². The monoisotopic (exact) mass is 455 g/mol. The lowest BCUT2D eigenvalue weighted by atomic mass is 10.1. The molecule has 3 aliphatic heterocycles. The van der Waals surface area contributed by atoms with Crippen molar-refractivity contribution in [3.63, 3.8) is 0 Å². The van der Waals surface area contributed by atoms with Crippen molar-refractivity contribution >= 4 is 17.5 Å². The van der Waals surface area contributed by atoms with Crippen molar-refractivity contribution in [1.82, 2.24) is 9.80 Å². The van der Waals surface area contributed by atoms with E-state index in [0.29, 0.717) is 23.4 Å². The van der Waals surface area contributed by atoms with Crippen LogP contribution in [0.5, 0.6) is 11.5 Å². The SMILES string of the molecule is O=C(c1ccc(NC2c3ccccc3C(=O)N2Cc2ccc3c(c2)OCO3)cc1)N1CCCC1. The second kappa shape index (κ2) is 8.41. The molecule has 3 aromatic rings. The standard InChI is InChI=1S/C27H25N3O4/c31-26(29-13-3-4-14-29)19-8-10-20(11-9-19)28-25-21-5-1-2-6-22(21)27(32)30(25)16-18-7-12-23-24(15-18)34-17-33-23/h1-2,5-12,15,25,28H,3-4,13-14,16-17H2. The number of benzene rings is 3. The third-order valence-corrected chi connectivity index (χ3v) is 6.68. The van der Waals surface area contributed by atoms with Crippen molar-refractivity contribution < 1.29 is 19.1 Å². The van der Waals surface area contributed by atoms with E-state index in [0.717, 1.165) is 48.5 Å². The molecule has 0 aromatic heterocycles. The van der Waals surface area contributed by atoms with Gasteiger partial charge in [0.15, 0.2) is 11.5 Å². The largest absolute Gasteiger partial charge is 0.454 e. The number of ether oxygens (including phenoxy) is 2. The summed E-state index contributed by atoms with van der Waals surface area (Å²) in [6, 6.07) is 21.0. The summed E-state index contributed by atoms with van der Waals surface area (Å²) >= 11 is 0. The average molecular weight is 456 g/mol. The van der Waals surface area contributed by atoms with Crippen molar-refractivity contribution in [3.8, 4) is 11.5 Å². The smallest absolute Gasteiger partial charge is 0.256 e. The van der Waals surface area contributed by atoms with Crippen molar-refractivity contribution in [3.05, 3.63) is 89.0 Å². The first-order chi connectivity index (χ1) is 16.7. The molecule has 1 atom stereocenters. The molecule has 3 heterocycles. The summed E-state index contributed by atoms with van der Waals surface area (Å²) < 4.78 is 10.9. The Bertz CT molecular complexity index is 1250. The number of anilines is 1. The summed E-state index contributed by atoms with van der Waals surface area (Å²) in [6.45, 7) is 2.30. The zero-order chi connectivity index (χ0) is 23.1. The van der Waals surface area contributed by atoms with E-state index in [1.807, 2.05) is 76.5 Å². The van der Waals surface area contributed by atoms with Gasteiger partial charge in [-0.1, -0.05) is 24.3 Å². The van der Waals surface area contributed by atoms with Crippen LogP contribution in [0.1, 0.15) is 50.9 Å². The van der Waals surface area contributed by atoms with Gasteiger partial charge in [-0.15, -0.1) is 0 Å². The number of nitrogens with zero attached hydrogens (tertiary/aromatic N) is 2. The molecule has 172 valence electrons. The van der Waals surface area contributed by atoms with Gasteiger partial charge in [0.25, 0.3) is 11.8 Å². The maximum atomic E-state index is 13.3. The number of nitrogens with one attached hydrogen (secondary N) is 1. The summed E-state index contributed by atoms with van der Waals surface area (Å²) in [5.74, 6) is 1.48. The highest BCUT2D eigenvalue weighted by atomic mass is 16.7. The number of fused-ring (bicyclic) bond motifs is 2. The summed E-state index contributed by atoms with van der Waals surface area (Å²) in [4.78, 5) is 29.7. The topological polar surface area (TPSA) is 71.1 Å². The Balaban J connectivity index is 1.25. The van der Waals surface area contributed by atoms with Gasteiger partial charge in [0, 0.05) is 42.0 Å². The maximum absolute atomic E-state index is 13.3. The summed E-state index contributed by atoms with van der Waals surface area (Å²) in [6.07, 6.45) is 1.81. The van der Waals surface area contributed by atoms with Crippen LogP contribution in [0.4, 0.5) is 5.69 Å². The van der Waals surface area contributed by atoms with Crippen LogP contribution in [0, 0.1) is 0 Å². The first-order valence-corrected chi connectivity index (χ1v) is 11.6. The Labute approximate surface area is 197 Å². The van der Waals surface area contributed by atoms with Crippen molar-refractivity contribution in [1.29, 1.82) is 0 Å².